The molecule has 0 aliphatic carbocycles. The normalized spacial score (nSPS) is 19.3. The van der Waals surface area contributed by atoms with Gasteiger partial charge in [-0.3, -0.25) is 9.59 Å². The molecule has 3 aromatic rings. The molecule has 1 aromatic heterocycles. The van der Waals surface area contributed by atoms with Gasteiger partial charge in [0.2, 0.25) is 23.5 Å². The monoisotopic (exact) mass is 464 g/mol. The summed E-state index contributed by atoms with van der Waals surface area (Å²) >= 11 is 5.94. The molecule has 0 N–H and O–H groups in total. The van der Waals surface area contributed by atoms with Crippen LogP contribution in [-0.4, -0.2) is 46.5 Å². The predicted molar refractivity (Wildman–Crippen MR) is 125 cm³/mol. The minimum absolute atomic E-state index is 0.0160. The van der Waals surface area contributed by atoms with Crippen molar-refractivity contribution in [2.75, 3.05) is 24.5 Å². The molecule has 0 bridgehead atoms. The molecule has 2 fully saturated rings. The zero-order chi connectivity index (χ0) is 22.8. The van der Waals surface area contributed by atoms with Crippen LogP contribution in [0.3, 0.4) is 0 Å². The van der Waals surface area contributed by atoms with Gasteiger partial charge in [0.1, 0.15) is 0 Å². The molecule has 0 radical (unpaired) electrons. The van der Waals surface area contributed by atoms with E-state index in [-0.39, 0.29) is 24.2 Å². The average Bonchev–Trinajstić information content (AvgIpc) is 3.47. The van der Waals surface area contributed by atoms with Crippen LogP contribution in [0.25, 0.3) is 11.4 Å². The van der Waals surface area contributed by atoms with E-state index in [9.17, 15) is 9.59 Å². The molecule has 2 amide bonds. The van der Waals surface area contributed by atoms with E-state index in [4.69, 9.17) is 16.1 Å². The van der Waals surface area contributed by atoms with Crippen LogP contribution in [0.5, 0.6) is 0 Å². The van der Waals surface area contributed by atoms with E-state index in [1.165, 1.54) is 0 Å². The fourth-order valence-corrected chi connectivity index (χ4v) is 4.77. The van der Waals surface area contributed by atoms with E-state index >= 15 is 0 Å². The number of likely N-dealkylation sites (tertiary alicyclic amines) is 1. The molecule has 2 saturated heterocycles. The first-order valence-electron chi connectivity index (χ1n) is 11.3. The molecule has 170 valence electrons. The maximum Gasteiger partial charge on any atom is 0.228 e. The van der Waals surface area contributed by atoms with Crippen LogP contribution < -0.4 is 4.90 Å². The molecule has 3 heterocycles. The first-order chi connectivity index (χ1) is 16.1. The first-order valence-corrected chi connectivity index (χ1v) is 11.7. The highest BCUT2D eigenvalue weighted by molar-refractivity contribution is 6.30. The van der Waals surface area contributed by atoms with Crippen LogP contribution in [0.2, 0.25) is 5.02 Å². The van der Waals surface area contributed by atoms with E-state index < -0.39 is 0 Å². The van der Waals surface area contributed by atoms with Gasteiger partial charge in [-0.2, -0.15) is 4.98 Å². The number of carbonyl (C=O) groups excluding carboxylic acids is 2. The number of aromatic nitrogens is 2. The van der Waals surface area contributed by atoms with Gasteiger partial charge in [0, 0.05) is 48.7 Å². The first kappa shape index (κ1) is 21.6. The minimum atomic E-state index is -0.271. The standard InChI is InChI=1S/C25H25ClN4O3/c26-20-8-6-18(7-9-20)24-27-22(33-28-24)14-17-10-12-29(13-11-17)25(32)19-15-23(31)30(16-19)21-4-2-1-3-5-21/h1-9,17,19H,10-16H2/t19-/m0/s1. The molecule has 1 atom stereocenters. The Hall–Kier alpha value is -3.19. The van der Waals surface area contributed by atoms with Crippen LogP contribution in [-0.2, 0) is 16.0 Å². The SMILES string of the molecule is O=C([C@H]1CC(=O)N(c2ccccc2)C1)N1CCC(Cc2nc(-c3ccc(Cl)cc3)no2)CC1. The molecule has 0 unspecified atom stereocenters. The zero-order valence-corrected chi connectivity index (χ0v) is 18.9. The summed E-state index contributed by atoms with van der Waals surface area (Å²) in [5.74, 6) is 1.39. The number of carbonyl (C=O) groups is 2. The number of hydrogen-bond acceptors (Lipinski definition) is 5. The van der Waals surface area contributed by atoms with Crippen molar-refractivity contribution in [2.24, 2.45) is 11.8 Å². The summed E-state index contributed by atoms with van der Waals surface area (Å²) in [4.78, 5) is 33.7. The van der Waals surface area contributed by atoms with Crippen molar-refractivity contribution in [3.63, 3.8) is 0 Å². The van der Waals surface area contributed by atoms with Crippen molar-refractivity contribution in [3.8, 4) is 11.4 Å². The highest BCUT2D eigenvalue weighted by Crippen LogP contribution is 2.29. The van der Waals surface area contributed by atoms with Gasteiger partial charge in [-0.1, -0.05) is 35.0 Å². The van der Waals surface area contributed by atoms with Crippen LogP contribution in [0, 0.1) is 11.8 Å². The Balaban J connectivity index is 1.14. The third-order valence-electron chi connectivity index (χ3n) is 6.50. The molecule has 0 saturated carbocycles. The zero-order valence-electron chi connectivity index (χ0n) is 18.2. The molecule has 2 aromatic carbocycles. The Morgan fingerprint density at radius 1 is 1.06 bits per heavy atom. The molecule has 33 heavy (non-hydrogen) atoms. The molecule has 0 spiro atoms. The minimum Gasteiger partial charge on any atom is -0.342 e. The van der Waals surface area contributed by atoms with E-state index in [1.807, 2.05) is 47.4 Å². The number of rotatable bonds is 5. The lowest BCUT2D eigenvalue weighted by Crippen LogP contribution is -2.42. The topological polar surface area (TPSA) is 79.5 Å². The highest BCUT2D eigenvalue weighted by Gasteiger charge is 2.38. The van der Waals surface area contributed by atoms with Crippen LogP contribution in [0.4, 0.5) is 5.69 Å². The van der Waals surface area contributed by atoms with Gasteiger partial charge in [0.15, 0.2) is 0 Å². The van der Waals surface area contributed by atoms with Crippen molar-refractivity contribution in [1.29, 1.82) is 0 Å². The van der Waals surface area contributed by atoms with Gasteiger partial charge in [-0.15, -0.1) is 0 Å². The smallest absolute Gasteiger partial charge is 0.228 e. The third-order valence-corrected chi connectivity index (χ3v) is 6.75. The summed E-state index contributed by atoms with van der Waals surface area (Å²) in [6.07, 6.45) is 2.75. The third kappa shape index (κ3) is 4.78. The molecule has 8 heteroatoms. The maximum atomic E-state index is 13.1. The molecular formula is C25H25ClN4O3. The van der Waals surface area contributed by atoms with Gasteiger partial charge in [0.05, 0.1) is 5.92 Å². The van der Waals surface area contributed by atoms with Gasteiger partial charge >= 0.3 is 0 Å². The Bertz CT molecular complexity index is 1120. The molecule has 5 rings (SSSR count). The van der Waals surface area contributed by atoms with E-state index in [2.05, 4.69) is 10.1 Å². The van der Waals surface area contributed by atoms with Gasteiger partial charge in [-0.25, -0.2) is 0 Å². The Labute approximate surface area is 197 Å². The lowest BCUT2D eigenvalue weighted by atomic mass is 9.92. The van der Waals surface area contributed by atoms with Crippen molar-refractivity contribution < 1.29 is 14.1 Å². The summed E-state index contributed by atoms with van der Waals surface area (Å²) in [5, 5.41) is 4.75. The van der Waals surface area contributed by atoms with E-state index in [1.54, 1.807) is 17.0 Å². The molecule has 2 aliphatic rings. The Kier molecular flexibility index (Phi) is 6.13. The molecular weight excluding hydrogens is 440 g/mol. The van der Waals surface area contributed by atoms with Crippen molar-refractivity contribution in [3.05, 3.63) is 65.5 Å². The summed E-state index contributed by atoms with van der Waals surface area (Å²) in [6.45, 7) is 1.84. The largest absolute Gasteiger partial charge is 0.342 e. The van der Waals surface area contributed by atoms with Gasteiger partial charge in [0.25, 0.3) is 0 Å². The number of piperidine rings is 1. The predicted octanol–water partition coefficient (Wildman–Crippen LogP) is 4.22. The van der Waals surface area contributed by atoms with Crippen molar-refractivity contribution in [1.82, 2.24) is 15.0 Å². The Morgan fingerprint density at radius 2 is 1.79 bits per heavy atom. The van der Waals surface area contributed by atoms with Crippen LogP contribution in [0.1, 0.15) is 25.2 Å². The second kappa shape index (κ2) is 9.35. The van der Waals surface area contributed by atoms with Crippen molar-refractivity contribution in [2.45, 2.75) is 25.7 Å². The van der Waals surface area contributed by atoms with Crippen molar-refractivity contribution >= 4 is 29.1 Å². The Morgan fingerprint density at radius 3 is 2.52 bits per heavy atom. The van der Waals surface area contributed by atoms with E-state index in [0.29, 0.717) is 48.7 Å². The second-order valence-electron chi connectivity index (χ2n) is 8.73. The molecule has 7 nitrogen and oxygen atoms in total. The maximum absolute atomic E-state index is 13.1. The van der Waals surface area contributed by atoms with Crippen LogP contribution >= 0.6 is 11.6 Å². The number of halogens is 1. The lowest BCUT2D eigenvalue weighted by molar-refractivity contribution is -0.137. The number of amides is 2. The van der Waals surface area contributed by atoms with E-state index in [0.717, 1.165) is 24.1 Å². The lowest BCUT2D eigenvalue weighted by Gasteiger charge is -2.33. The number of para-hydroxylation sites is 1. The second-order valence-corrected chi connectivity index (χ2v) is 9.17. The quantitative estimate of drug-likeness (QED) is 0.564. The fraction of sp³-hybridized carbons (Fsp3) is 0.360. The summed E-state index contributed by atoms with van der Waals surface area (Å²) in [7, 11) is 0. The summed E-state index contributed by atoms with van der Waals surface area (Å²) in [5.41, 5.74) is 1.72. The van der Waals surface area contributed by atoms with Crippen LogP contribution in [0.15, 0.2) is 59.1 Å². The number of benzene rings is 2. The summed E-state index contributed by atoms with van der Waals surface area (Å²) < 4.78 is 5.46. The number of anilines is 1. The number of hydrogen-bond donors (Lipinski definition) is 0. The average molecular weight is 465 g/mol. The summed E-state index contributed by atoms with van der Waals surface area (Å²) in [6, 6.07) is 16.9. The fourth-order valence-electron chi connectivity index (χ4n) is 4.65. The van der Waals surface area contributed by atoms with Gasteiger partial charge < -0.3 is 14.3 Å². The number of nitrogens with zero attached hydrogens (tertiary/aromatic N) is 4. The van der Waals surface area contributed by atoms with Gasteiger partial charge in [-0.05, 0) is 55.2 Å². The highest BCUT2D eigenvalue weighted by atomic mass is 35.5. The molecule has 2 aliphatic heterocycles.